The molecule has 0 atom stereocenters. The molecule has 0 N–H and O–H groups in total. The van der Waals surface area contributed by atoms with Gasteiger partial charge in [-0.05, 0) is 126 Å². The summed E-state index contributed by atoms with van der Waals surface area (Å²) in [6, 6.07) is 95.1. The zero-order chi connectivity index (χ0) is 44.3. The number of rotatable bonds is 8. The van der Waals surface area contributed by atoms with Crippen LogP contribution in [-0.4, -0.2) is 0 Å². The van der Waals surface area contributed by atoms with Crippen molar-refractivity contribution < 1.29 is 4.42 Å². The predicted octanol–water partition coefficient (Wildman–Crippen LogP) is 17.6. The molecule has 0 spiro atoms. The van der Waals surface area contributed by atoms with E-state index in [0.717, 1.165) is 55.7 Å². The number of anilines is 3. The summed E-state index contributed by atoms with van der Waals surface area (Å²) in [7, 11) is 0. The Bertz CT molecular complexity index is 3750. The van der Waals surface area contributed by atoms with Crippen molar-refractivity contribution in [3.05, 3.63) is 283 Å². The summed E-state index contributed by atoms with van der Waals surface area (Å²) in [5, 5.41) is 4.76. The topological polar surface area (TPSA) is 16.4 Å². The van der Waals surface area contributed by atoms with Gasteiger partial charge in [0.05, 0.1) is 5.41 Å². The highest BCUT2D eigenvalue weighted by molar-refractivity contribution is 6.12. The van der Waals surface area contributed by atoms with Crippen LogP contribution < -0.4 is 4.90 Å². The molecule has 0 fully saturated rings. The SMILES string of the molecule is c1ccc(C2(c3ccccc3)c3ccccc3-c3ccc(N(c4ccc(-c5ccc(-c6cccc7ccccc67)cc5)cc4)c4cccc(-c5cccc6oc7ccccc7c56)c4)cc32)cc1. The number of hydrogen-bond donors (Lipinski definition) is 0. The van der Waals surface area contributed by atoms with Crippen LogP contribution in [0.25, 0.3) is 77.2 Å². The van der Waals surface area contributed by atoms with Crippen molar-refractivity contribution in [1.82, 2.24) is 0 Å². The molecule has 2 nitrogen and oxygen atoms in total. The fourth-order valence-corrected chi connectivity index (χ4v) is 11.0. The molecule has 0 radical (unpaired) electrons. The molecule has 314 valence electrons. The van der Waals surface area contributed by atoms with E-state index in [9.17, 15) is 0 Å². The Morgan fingerprint density at radius 3 is 1.63 bits per heavy atom. The first-order chi connectivity index (χ1) is 33.2. The lowest BCUT2D eigenvalue weighted by Crippen LogP contribution is -2.28. The first kappa shape index (κ1) is 38.7. The Labute approximate surface area is 390 Å². The minimum Gasteiger partial charge on any atom is -0.456 e. The second-order valence-corrected chi connectivity index (χ2v) is 17.6. The van der Waals surface area contributed by atoms with Crippen LogP contribution >= 0.6 is 0 Å². The summed E-state index contributed by atoms with van der Waals surface area (Å²) in [4.78, 5) is 2.43. The van der Waals surface area contributed by atoms with Gasteiger partial charge in [-0.2, -0.15) is 0 Å². The van der Waals surface area contributed by atoms with E-state index >= 15 is 0 Å². The lowest BCUT2D eigenvalue weighted by Gasteiger charge is -2.35. The molecular weight excluding hydrogens is 811 g/mol. The zero-order valence-corrected chi connectivity index (χ0v) is 36.7. The zero-order valence-electron chi connectivity index (χ0n) is 36.7. The standard InChI is InChI=1S/C65H43NO/c1-3-19-49(20-4-1)65(50-21-5-2-6-22-50)60-29-11-9-25-57(60)58-41-40-53(43-61(58)65)66(52-23-13-18-48(42-52)56-28-15-31-63-64(56)59-26-10-12-30-62(59)67-63)51-38-36-45(37-39-51)44-32-34-47(35-33-44)55-27-14-17-46-16-7-8-24-54(46)55/h1-43H. The van der Waals surface area contributed by atoms with Gasteiger partial charge in [-0.25, -0.2) is 0 Å². The summed E-state index contributed by atoms with van der Waals surface area (Å²) in [6.45, 7) is 0. The number of para-hydroxylation sites is 1. The maximum Gasteiger partial charge on any atom is 0.136 e. The van der Waals surface area contributed by atoms with Crippen LogP contribution in [0.15, 0.2) is 265 Å². The number of hydrogen-bond acceptors (Lipinski definition) is 2. The van der Waals surface area contributed by atoms with Crippen LogP contribution in [0, 0.1) is 0 Å². The molecule has 1 heterocycles. The van der Waals surface area contributed by atoms with Crippen LogP contribution in [-0.2, 0) is 5.41 Å². The third-order valence-corrected chi connectivity index (χ3v) is 14.0. The normalized spacial score (nSPS) is 12.6. The Balaban J connectivity index is 0.976. The van der Waals surface area contributed by atoms with Gasteiger partial charge in [0.1, 0.15) is 11.2 Å². The Morgan fingerprint density at radius 1 is 0.299 bits per heavy atom. The molecule has 0 aliphatic heterocycles. The monoisotopic (exact) mass is 853 g/mol. The summed E-state index contributed by atoms with van der Waals surface area (Å²) in [6.07, 6.45) is 0. The van der Waals surface area contributed by atoms with Crippen molar-refractivity contribution in [3.8, 4) is 44.5 Å². The second kappa shape index (κ2) is 15.8. The van der Waals surface area contributed by atoms with E-state index in [1.54, 1.807) is 0 Å². The molecule has 1 aliphatic carbocycles. The summed E-state index contributed by atoms with van der Waals surface area (Å²) >= 11 is 0. The quantitative estimate of drug-likeness (QED) is 0.151. The fraction of sp³-hybridized carbons (Fsp3) is 0.0154. The van der Waals surface area contributed by atoms with Gasteiger partial charge in [0, 0.05) is 27.8 Å². The molecule has 1 aliphatic rings. The van der Waals surface area contributed by atoms with Crippen molar-refractivity contribution in [3.63, 3.8) is 0 Å². The van der Waals surface area contributed by atoms with E-state index < -0.39 is 5.41 Å². The second-order valence-electron chi connectivity index (χ2n) is 17.6. The highest BCUT2D eigenvalue weighted by Crippen LogP contribution is 2.57. The minimum atomic E-state index is -0.530. The van der Waals surface area contributed by atoms with Gasteiger partial charge in [0.15, 0.2) is 0 Å². The molecule has 2 heteroatoms. The molecule has 1 aromatic heterocycles. The molecule has 11 aromatic carbocycles. The van der Waals surface area contributed by atoms with Gasteiger partial charge in [0.25, 0.3) is 0 Å². The van der Waals surface area contributed by atoms with E-state index in [4.69, 9.17) is 4.42 Å². The number of nitrogens with zero attached hydrogens (tertiary/aromatic N) is 1. The molecular formula is C65H43NO. The highest BCUT2D eigenvalue weighted by atomic mass is 16.3. The Morgan fingerprint density at radius 2 is 0.836 bits per heavy atom. The van der Waals surface area contributed by atoms with Crippen LogP contribution in [0.1, 0.15) is 22.3 Å². The molecule has 0 unspecified atom stereocenters. The summed E-state index contributed by atoms with van der Waals surface area (Å²) < 4.78 is 6.38. The van der Waals surface area contributed by atoms with E-state index in [1.165, 1.54) is 60.8 Å². The van der Waals surface area contributed by atoms with Crippen molar-refractivity contribution >= 4 is 49.8 Å². The van der Waals surface area contributed by atoms with Crippen molar-refractivity contribution in [2.45, 2.75) is 5.41 Å². The Hall–Kier alpha value is -8.72. The molecule has 0 saturated heterocycles. The molecule has 0 amide bonds. The molecule has 67 heavy (non-hydrogen) atoms. The first-order valence-electron chi connectivity index (χ1n) is 23.1. The largest absolute Gasteiger partial charge is 0.456 e. The summed E-state index contributed by atoms with van der Waals surface area (Å²) in [5.74, 6) is 0. The molecule has 13 rings (SSSR count). The van der Waals surface area contributed by atoms with Crippen molar-refractivity contribution in [2.24, 2.45) is 0 Å². The smallest absolute Gasteiger partial charge is 0.136 e. The van der Waals surface area contributed by atoms with Crippen LogP contribution in [0.5, 0.6) is 0 Å². The fourth-order valence-electron chi connectivity index (χ4n) is 11.0. The average Bonchev–Trinajstić information content (AvgIpc) is 3.93. The van der Waals surface area contributed by atoms with Crippen LogP contribution in [0.4, 0.5) is 17.1 Å². The number of furan rings is 1. The lowest BCUT2D eigenvalue weighted by atomic mass is 9.67. The maximum absolute atomic E-state index is 6.38. The average molecular weight is 854 g/mol. The lowest BCUT2D eigenvalue weighted by molar-refractivity contribution is 0.669. The third kappa shape index (κ3) is 6.26. The van der Waals surface area contributed by atoms with Crippen molar-refractivity contribution in [1.29, 1.82) is 0 Å². The third-order valence-electron chi connectivity index (χ3n) is 14.0. The van der Waals surface area contributed by atoms with Crippen LogP contribution in [0.3, 0.4) is 0 Å². The van der Waals surface area contributed by atoms with Gasteiger partial charge in [-0.15, -0.1) is 0 Å². The van der Waals surface area contributed by atoms with E-state index in [0.29, 0.717) is 0 Å². The van der Waals surface area contributed by atoms with Crippen LogP contribution in [0.2, 0.25) is 0 Å². The summed E-state index contributed by atoms with van der Waals surface area (Å²) in [5.41, 5.74) is 19.1. The first-order valence-corrected chi connectivity index (χ1v) is 23.1. The maximum atomic E-state index is 6.38. The Kier molecular flexibility index (Phi) is 9.11. The van der Waals surface area contributed by atoms with Crippen molar-refractivity contribution in [2.75, 3.05) is 4.90 Å². The minimum absolute atomic E-state index is 0.530. The van der Waals surface area contributed by atoms with E-state index in [2.05, 4.69) is 260 Å². The predicted molar refractivity (Wildman–Crippen MR) is 280 cm³/mol. The van der Waals surface area contributed by atoms with Gasteiger partial charge in [0.2, 0.25) is 0 Å². The number of benzene rings is 11. The van der Waals surface area contributed by atoms with Gasteiger partial charge >= 0.3 is 0 Å². The molecule has 0 saturated carbocycles. The van der Waals surface area contributed by atoms with E-state index in [1.807, 2.05) is 6.07 Å². The van der Waals surface area contributed by atoms with Gasteiger partial charge in [-0.3, -0.25) is 0 Å². The highest BCUT2D eigenvalue weighted by Gasteiger charge is 2.46. The molecule has 0 bridgehead atoms. The van der Waals surface area contributed by atoms with E-state index in [-0.39, 0.29) is 0 Å². The van der Waals surface area contributed by atoms with Gasteiger partial charge < -0.3 is 9.32 Å². The number of fused-ring (bicyclic) bond motifs is 7. The van der Waals surface area contributed by atoms with Gasteiger partial charge in [-0.1, -0.05) is 212 Å². The molecule has 12 aromatic rings.